The molecule has 1 atom stereocenters. The molecule has 142 valence electrons. The van der Waals surface area contributed by atoms with Crippen LogP contribution in [0.4, 0.5) is 5.82 Å². The normalized spacial score (nSPS) is 16.4. The summed E-state index contributed by atoms with van der Waals surface area (Å²) in [5.74, 6) is 3.30. The van der Waals surface area contributed by atoms with Gasteiger partial charge >= 0.3 is 0 Å². The minimum Gasteiger partial charge on any atom is -0.465 e. The lowest BCUT2D eigenvalue weighted by molar-refractivity contribution is 0.0143. The molecule has 8 nitrogen and oxygen atoms in total. The molecule has 0 amide bonds. The SMILES string of the molecule is Cc1ccn(-c2ccc(NCC(c3ccc(C)o3)N3CCOCC3)nn2)n1. The molecule has 8 heteroatoms. The van der Waals surface area contributed by atoms with E-state index in [9.17, 15) is 0 Å². The zero-order valence-electron chi connectivity index (χ0n) is 15.6. The van der Waals surface area contributed by atoms with Crippen LogP contribution in [0.5, 0.6) is 0 Å². The summed E-state index contributed by atoms with van der Waals surface area (Å²) in [5.41, 5.74) is 0.945. The van der Waals surface area contributed by atoms with Crippen LogP contribution in [0.25, 0.3) is 5.82 Å². The third-order valence-corrected chi connectivity index (χ3v) is 4.66. The van der Waals surface area contributed by atoms with Gasteiger partial charge in [0.25, 0.3) is 0 Å². The maximum Gasteiger partial charge on any atom is 0.175 e. The van der Waals surface area contributed by atoms with Crippen LogP contribution in [0.15, 0.2) is 40.9 Å². The molecule has 4 heterocycles. The summed E-state index contributed by atoms with van der Waals surface area (Å²) in [6, 6.07) is 9.94. The van der Waals surface area contributed by atoms with Crippen LogP contribution in [0.3, 0.4) is 0 Å². The number of aromatic nitrogens is 4. The first-order valence-corrected chi connectivity index (χ1v) is 9.17. The molecule has 1 N–H and O–H groups in total. The van der Waals surface area contributed by atoms with Crippen molar-refractivity contribution < 1.29 is 9.15 Å². The van der Waals surface area contributed by atoms with Crippen molar-refractivity contribution in [3.63, 3.8) is 0 Å². The highest BCUT2D eigenvalue weighted by atomic mass is 16.5. The van der Waals surface area contributed by atoms with E-state index in [2.05, 4.69) is 25.5 Å². The number of hydrogen-bond acceptors (Lipinski definition) is 7. The Hall–Kier alpha value is -2.71. The van der Waals surface area contributed by atoms with Crippen molar-refractivity contribution in [2.45, 2.75) is 19.9 Å². The number of anilines is 1. The van der Waals surface area contributed by atoms with Gasteiger partial charge in [-0.25, -0.2) is 4.68 Å². The molecule has 0 spiro atoms. The molecule has 27 heavy (non-hydrogen) atoms. The lowest BCUT2D eigenvalue weighted by Gasteiger charge is -2.33. The van der Waals surface area contributed by atoms with E-state index >= 15 is 0 Å². The zero-order chi connectivity index (χ0) is 18.6. The van der Waals surface area contributed by atoms with Crippen molar-refractivity contribution in [3.8, 4) is 5.82 Å². The van der Waals surface area contributed by atoms with Gasteiger partial charge in [0.15, 0.2) is 5.82 Å². The molecule has 0 aromatic carbocycles. The Morgan fingerprint density at radius 3 is 2.56 bits per heavy atom. The fraction of sp³-hybridized carbons (Fsp3) is 0.421. The topological polar surface area (TPSA) is 81.2 Å². The summed E-state index contributed by atoms with van der Waals surface area (Å²) in [7, 11) is 0. The second-order valence-corrected chi connectivity index (χ2v) is 6.67. The molecule has 4 rings (SSSR count). The Morgan fingerprint density at radius 1 is 1.07 bits per heavy atom. The number of nitrogens with zero attached hydrogens (tertiary/aromatic N) is 5. The predicted octanol–water partition coefficient (Wildman–Crippen LogP) is 2.36. The number of furan rings is 1. The fourth-order valence-corrected chi connectivity index (χ4v) is 3.22. The van der Waals surface area contributed by atoms with Gasteiger partial charge in [-0.3, -0.25) is 4.90 Å². The maximum atomic E-state index is 5.90. The largest absolute Gasteiger partial charge is 0.465 e. The van der Waals surface area contributed by atoms with Crippen LogP contribution in [-0.4, -0.2) is 57.7 Å². The first-order valence-electron chi connectivity index (χ1n) is 9.17. The molecular formula is C19H24N6O2. The highest BCUT2D eigenvalue weighted by Gasteiger charge is 2.25. The van der Waals surface area contributed by atoms with Crippen molar-refractivity contribution in [2.75, 3.05) is 38.2 Å². The van der Waals surface area contributed by atoms with Gasteiger partial charge in [0.05, 0.1) is 24.9 Å². The van der Waals surface area contributed by atoms with E-state index in [1.165, 1.54) is 0 Å². The second kappa shape index (κ2) is 7.89. The Bertz CT molecular complexity index is 866. The summed E-state index contributed by atoms with van der Waals surface area (Å²) in [6.07, 6.45) is 1.88. The smallest absolute Gasteiger partial charge is 0.175 e. The first kappa shape index (κ1) is 17.7. The predicted molar refractivity (Wildman–Crippen MR) is 101 cm³/mol. The minimum absolute atomic E-state index is 0.123. The monoisotopic (exact) mass is 368 g/mol. The van der Waals surface area contributed by atoms with Crippen molar-refractivity contribution in [3.05, 3.63) is 53.7 Å². The van der Waals surface area contributed by atoms with Crippen LogP contribution in [0, 0.1) is 13.8 Å². The third kappa shape index (κ3) is 4.17. The van der Waals surface area contributed by atoms with Crippen LogP contribution < -0.4 is 5.32 Å². The van der Waals surface area contributed by atoms with E-state index in [1.807, 2.05) is 50.4 Å². The Morgan fingerprint density at radius 2 is 1.93 bits per heavy atom. The average molecular weight is 368 g/mol. The first-order chi connectivity index (χ1) is 13.2. The quantitative estimate of drug-likeness (QED) is 0.715. The lowest BCUT2D eigenvalue weighted by Crippen LogP contribution is -2.41. The van der Waals surface area contributed by atoms with Crippen molar-refractivity contribution in [2.24, 2.45) is 0 Å². The second-order valence-electron chi connectivity index (χ2n) is 6.67. The number of aryl methyl sites for hydroxylation is 2. The number of nitrogens with one attached hydrogen (secondary N) is 1. The van der Waals surface area contributed by atoms with E-state index in [0.29, 0.717) is 12.4 Å². The van der Waals surface area contributed by atoms with E-state index in [1.54, 1.807) is 4.68 Å². The van der Waals surface area contributed by atoms with Crippen molar-refractivity contribution in [1.29, 1.82) is 0 Å². The Balaban J connectivity index is 1.45. The molecule has 3 aromatic heterocycles. The molecule has 0 aliphatic carbocycles. The van der Waals surface area contributed by atoms with Crippen molar-refractivity contribution >= 4 is 5.82 Å². The Kier molecular flexibility index (Phi) is 5.17. The molecule has 1 saturated heterocycles. The number of ether oxygens (including phenoxy) is 1. The fourth-order valence-electron chi connectivity index (χ4n) is 3.22. The van der Waals surface area contributed by atoms with Crippen LogP contribution in [0.2, 0.25) is 0 Å². The molecule has 0 radical (unpaired) electrons. The number of rotatable bonds is 6. The maximum absolute atomic E-state index is 5.90. The number of morpholine rings is 1. The highest BCUT2D eigenvalue weighted by molar-refractivity contribution is 5.36. The standard InChI is InChI=1S/C19H24N6O2/c1-14-7-8-25(23-14)19-6-5-18(21-22-19)20-13-16(17-4-3-15(2)27-17)24-9-11-26-12-10-24/h3-8,16H,9-13H2,1-2H3,(H,20,21). The van der Waals surface area contributed by atoms with E-state index in [-0.39, 0.29) is 6.04 Å². The van der Waals surface area contributed by atoms with Gasteiger partial charge in [0, 0.05) is 25.8 Å². The molecular weight excluding hydrogens is 344 g/mol. The van der Waals surface area contributed by atoms with Gasteiger partial charge in [-0.1, -0.05) is 0 Å². The van der Waals surface area contributed by atoms with Gasteiger partial charge in [-0.2, -0.15) is 5.10 Å². The van der Waals surface area contributed by atoms with Gasteiger partial charge in [-0.05, 0) is 44.2 Å². The molecule has 1 aliphatic heterocycles. The van der Waals surface area contributed by atoms with Gasteiger partial charge < -0.3 is 14.5 Å². The lowest BCUT2D eigenvalue weighted by atomic mass is 10.1. The molecule has 1 aliphatic rings. The number of hydrogen-bond donors (Lipinski definition) is 1. The summed E-state index contributed by atoms with van der Waals surface area (Å²) in [6.45, 7) is 7.85. The minimum atomic E-state index is 0.123. The molecule has 1 unspecified atom stereocenters. The highest BCUT2D eigenvalue weighted by Crippen LogP contribution is 2.24. The molecule has 1 fully saturated rings. The van der Waals surface area contributed by atoms with Gasteiger partial charge in [0.2, 0.25) is 0 Å². The van der Waals surface area contributed by atoms with Gasteiger partial charge in [-0.15, -0.1) is 10.2 Å². The molecule has 0 bridgehead atoms. The van der Waals surface area contributed by atoms with Crippen molar-refractivity contribution in [1.82, 2.24) is 24.9 Å². The summed E-state index contributed by atoms with van der Waals surface area (Å²) in [5, 5.41) is 16.3. The van der Waals surface area contributed by atoms with Crippen LogP contribution in [0.1, 0.15) is 23.3 Å². The average Bonchev–Trinajstić information content (AvgIpc) is 3.32. The molecule has 0 saturated carbocycles. The summed E-state index contributed by atoms with van der Waals surface area (Å²) in [4.78, 5) is 2.38. The molecule has 3 aromatic rings. The van der Waals surface area contributed by atoms with E-state index in [4.69, 9.17) is 9.15 Å². The third-order valence-electron chi connectivity index (χ3n) is 4.66. The Labute approximate surface area is 158 Å². The summed E-state index contributed by atoms with van der Waals surface area (Å²) < 4.78 is 13.1. The van der Waals surface area contributed by atoms with E-state index in [0.717, 1.165) is 49.3 Å². The van der Waals surface area contributed by atoms with Crippen LogP contribution in [-0.2, 0) is 4.74 Å². The zero-order valence-corrected chi connectivity index (χ0v) is 15.6. The summed E-state index contributed by atoms with van der Waals surface area (Å²) >= 11 is 0. The van der Waals surface area contributed by atoms with Gasteiger partial charge in [0.1, 0.15) is 17.3 Å². The van der Waals surface area contributed by atoms with Crippen LogP contribution >= 0.6 is 0 Å². The van der Waals surface area contributed by atoms with E-state index < -0.39 is 0 Å².